The predicted octanol–water partition coefficient (Wildman–Crippen LogP) is 3.64. The van der Waals surface area contributed by atoms with Gasteiger partial charge in [0, 0.05) is 50.2 Å². The van der Waals surface area contributed by atoms with E-state index in [1.54, 1.807) is 18.6 Å². The Balaban J connectivity index is 1.37. The second kappa shape index (κ2) is 10.0. The molecule has 0 bridgehead atoms. The molecule has 8 heteroatoms. The molecule has 0 atom stereocenters. The Morgan fingerprint density at radius 3 is 2.64 bits per heavy atom. The number of furan rings is 1. The maximum Gasteiger partial charge on any atom is 0.289 e. The van der Waals surface area contributed by atoms with Crippen molar-refractivity contribution in [2.45, 2.75) is 52.5 Å². The summed E-state index contributed by atoms with van der Waals surface area (Å²) < 4.78 is 7.61. The number of nitrogens with zero attached hydrogens (tertiary/aromatic N) is 4. The Morgan fingerprint density at radius 2 is 1.97 bits per heavy atom. The van der Waals surface area contributed by atoms with Crippen molar-refractivity contribution >= 4 is 11.8 Å². The molecule has 2 amide bonds. The minimum Gasteiger partial charge on any atom is -0.456 e. The Kier molecular flexibility index (Phi) is 6.91. The number of aromatic nitrogens is 3. The maximum absolute atomic E-state index is 12.9. The Morgan fingerprint density at radius 1 is 1.18 bits per heavy atom. The number of piperidine rings is 1. The van der Waals surface area contributed by atoms with E-state index in [4.69, 9.17) is 9.40 Å². The highest BCUT2D eigenvalue weighted by molar-refractivity contribution is 5.95. The number of carbonyl (C=O) groups excluding carboxylic acids is 2. The topological polar surface area (TPSA) is 93.3 Å². The third kappa shape index (κ3) is 5.32. The third-order valence-electron chi connectivity index (χ3n) is 6.29. The highest BCUT2D eigenvalue weighted by Gasteiger charge is 2.29. The van der Waals surface area contributed by atoms with Crippen LogP contribution >= 0.6 is 0 Å². The summed E-state index contributed by atoms with van der Waals surface area (Å²) in [5.74, 6) is 1.15. The van der Waals surface area contributed by atoms with Crippen LogP contribution in [0.15, 0.2) is 41.3 Å². The Bertz CT molecular complexity index is 1090. The monoisotopic (exact) mass is 449 g/mol. The highest BCUT2D eigenvalue weighted by Crippen LogP contribution is 2.30. The van der Waals surface area contributed by atoms with Crippen molar-refractivity contribution < 1.29 is 14.0 Å². The normalized spacial score (nSPS) is 14.5. The minimum absolute atomic E-state index is 0.0716. The van der Waals surface area contributed by atoms with E-state index < -0.39 is 0 Å². The van der Waals surface area contributed by atoms with Crippen LogP contribution in [0.25, 0.3) is 0 Å². The molecule has 33 heavy (non-hydrogen) atoms. The van der Waals surface area contributed by atoms with Crippen LogP contribution in [0.4, 0.5) is 0 Å². The lowest BCUT2D eigenvalue weighted by Gasteiger charge is -2.32. The summed E-state index contributed by atoms with van der Waals surface area (Å²) in [4.78, 5) is 36.3. The standard InChI is InChI=1S/C25H31N5O3/c1-17-15-22(33-19(17)3)25(32)30-12-7-20(8-13-30)23-21(6-5-18(2)28-23)24(31)27-9-4-11-29-14-10-26-16-29/h5-6,10,14-16,20H,4,7-9,11-13H2,1-3H3,(H,27,31). The van der Waals surface area contributed by atoms with E-state index in [1.165, 1.54) is 0 Å². The van der Waals surface area contributed by atoms with Crippen LogP contribution < -0.4 is 5.32 Å². The molecule has 0 spiro atoms. The van der Waals surface area contributed by atoms with Gasteiger partial charge in [0.25, 0.3) is 11.8 Å². The van der Waals surface area contributed by atoms with Gasteiger partial charge in [-0.25, -0.2) is 4.98 Å². The first kappa shape index (κ1) is 22.8. The van der Waals surface area contributed by atoms with Gasteiger partial charge in [0.2, 0.25) is 0 Å². The summed E-state index contributed by atoms with van der Waals surface area (Å²) in [5.41, 5.74) is 3.34. The number of carbonyl (C=O) groups is 2. The van der Waals surface area contributed by atoms with Crippen LogP contribution in [0.3, 0.4) is 0 Å². The van der Waals surface area contributed by atoms with Gasteiger partial charge < -0.3 is 19.2 Å². The molecule has 1 saturated heterocycles. The number of aryl methyl sites for hydroxylation is 4. The van der Waals surface area contributed by atoms with Gasteiger partial charge in [-0.2, -0.15) is 0 Å². The molecule has 0 aromatic carbocycles. The number of hydrogen-bond acceptors (Lipinski definition) is 5. The first-order valence-corrected chi connectivity index (χ1v) is 11.5. The van der Waals surface area contributed by atoms with Crippen LogP contribution in [0.2, 0.25) is 0 Å². The Labute approximate surface area is 194 Å². The second-order valence-electron chi connectivity index (χ2n) is 8.71. The van der Waals surface area contributed by atoms with Crippen molar-refractivity contribution in [1.82, 2.24) is 24.8 Å². The van der Waals surface area contributed by atoms with Crippen molar-refractivity contribution in [3.8, 4) is 0 Å². The molecule has 3 aromatic heterocycles. The molecular formula is C25H31N5O3. The molecule has 1 fully saturated rings. The van der Waals surface area contributed by atoms with Gasteiger partial charge in [0.1, 0.15) is 5.76 Å². The zero-order valence-corrected chi connectivity index (χ0v) is 19.5. The van der Waals surface area contributed by atoms with Crippen LogP contribution in [0.5, 0.6) is 0 Å². The van der Waals surface area contributed by atoms with Crippen molar-refractivity contribution in [3.05, 3.63) is 71.0 Å². The highest BCUT2D eigenvalue weighted by atomic mass is 16.4. The number of pyridine rings is 1. The second-order valence-corrected chi connectivity index (χ2v) is 8.71. The molecule has 8 nitrogen and oxygen atoms in total. The van der Waals surface area contributed by atoms with E-state index >= 15 is 0 Å². The van der Waals surface area contributed by atoms with Gasteiger partial charge in [-0.15, -0.1) is 0 Å². The lowest BCUT2D eigenvalue weighted by molar-refractivity contribution is 0.0677. The average Bonchev–Trinajstić information content (AvgIpc) is 3.46. The smallest absolute Gasteiger partial charge is 0.289 e. The van der Waals surface area contributed by atoms with Crippen molar-refractivity contribution in [1.29, 1.82) is 0 Å². The molecule has 1 aliphatic heterocycles. The van der Waals surface area contributed by atoms with Gasteiger partial charge in [0.15, 0.2) is 5.76 Å². The van der Waals surface area contributed by atoms with Gasteiger partial charge in [0.05, 0.1) is 17.6 Å². The molecule has 1 aliphatic rings. The lowest BCUT2D eigenvalue weighted by Crippen LogP contribution is -2.38. The van der Waals surface area contributed by atoms with Gasteiger partial charge in [-0.05, 0) is 63.8 Å². The first-order chi connectivity index (χ1) is 15.9. The largest absolute Gasteiger partial charge is 0.456 e. The molecule has 3 aromatic rings. The number of nitrogens with one attached hydrogen (secondary N) is 1. The maximum atomic E-state index is 12.9. The molecular weight excluding hydrogens is 418 g/mol. The van der Waals surface area contributed by atoms with Crippen molar-refractivity contribution in [2.75, 3.05) is 19.6 Å². The summed E-state index contributed by atoms with van der Waals surface area (Å²) in [5, 5.41) is 3.03. The SMILES string of the molecule is Cc1ccc(C(=O)NCCCn2ccnc2)c(C2CCN(C(=O)c3cc(C)c(C)o3)CC2)n1. The van der Waals surface area contributed by atoms with Gasteiger partial charge in [-0.3, -0.25) is 14.6 Å². The van der Waals surface area contributed by atoms with Gasteiger partial charge in [-0.1, -0.05) is 0 Å². The summed E-state index contributed by atoms with van der Waals surface area (Å²) in [6, 6.07) is 5.56. The number of likely N-dealkylation sites (tertiary alicyclic amines) is 1. The summed E-state index contributed by atoms with van der Waals surface area (Å²) in [6.45, 7) is 8.37. The zero-order valence-electron chi connectivity index (χ0n) is 19.5. The molecule has 174 valence electrons. The van der Waals surface area contributed by atoms with Crippen LogP contribution in [0.1, 0.15) is 68.8 Å². The molecule has 0 aliphatic carbocycles. The van der Waals surface area contributed by atoms with Crippen molar-refractivity contribution in [2.24, 2.45) is 0 Å². The quantitative estimate of drug-likeness (QED) is 0.556. The zero-order chi connectivity index (χ0) is 23.4. The molecule has 0 saturated carbocycles. The number of imidazole rings is 1. The van der Waals surface area contributed by atoms with Crippen molar-refractivity contribution in [3.63, 3.8) is 0 Å². The van der Waals surface area contributed by atoms with E-state index in [-0.39, 0.29) is 17.7 Å². The van der Waals surface area contributed by atoms with E-state index in [1.807, 2.05) is 48.6 Å². The Hall–Kier alpha value is -3.42. The van der Waals surface area contributed by atoms with E-state index in [9.17, 15) is 9.59 Å². The fraction of sp³-hybridized carbons (Fsp3) is 0.440. The number of hydrogen-bond donors (Lipinski definition) is 1. The molecule has 0 unspecified atom stereocenters. The van der Waals surface area contributed by atoms with Crippen LogP contribution in [0, 0.1) is 20.8 Å². The van der Waals surface area contributed by atoms with E-state index in [2.05, 4.69) is 10.3 Å². The summed E-state index contributed by atoms with van der Waals surface area (Å²) >= 11 is 0. The van der Waals surface area contributed by atoms with Gasteiger partial charge >= 0.3 is 0 Å². The predicted molar refractivity (Wildman–Crippen MR) is 124 cm³/mol. The molecule has 1 N–H and O–H groups in total. The fourth-order valence-electron chi connectivity index (χ4n) is 4.25. The number of rotatable bonds is 7. The van der Waals surface area contributed by atoms with E-state index in [0.717, 1.165) is 48.5 Å². The van der Waals surface area contributed by atoms with Crippen LogP contribution in [-0.2, 0) is 6.54 Å². The third-order valence-corrected chi connectivity index (χ3v) is 6.29. The number of amides is 2. The fourth-order valence-corrected chi connectivity index (χ4v) is 4.25. The summed E-state index contributed by atoms with van der Waals surface area (Å²) in [7, 11) is 0. The average molecular weight is 450 g/mol. The molecule has 4 heterocycles. The molecule has 4 rings (SSSR count). The first-order valence-electron chi connectivity index (χ1n) is 11.5. The molecule has 0 radical (unpaired) electrons. The van der Waals surface area contributed by atoms with Crippen LogP contribution in [-0.4, -0.2) is 50.9 Å². The lowest BCUT2D eigenvalue weighted by atomic mass is 9.89. The summed E-state index contributed by atoms with van der Waals surface area (Å²) in [6.07, 6.45) is 7.79. The minimum atomic E-state index is -0.0943. The van der Waals surface area contributed by atoms with E-state index in [0.29, 0.717) is 31.0 Å².